The zero-order valence-corrected chi connectivity index (χ0v) is 20.3. The molecule has 1 heterocycles. The normalized spacial score (nSPS) is 11.2. The van der Waals surface area contributed by atoms with E-state index in [0.717, 1.165) is 36.9 Å². The van der Waals surface area contributed by atoms with Crippen LogP contribution in [0.15, 0.2) is 54.6 Å². The standard InChI is InChI=1S/C26H30F3N5O2/c1-3-5-8-21-17-23(32-25(36)31-20-12-10-18(4-2)11-13-20)34(33-21)22-9-6-7-19(16-22)14-15-30-24(35)26(27,28)29/h6-7,9-13,16-17H,3-5,8,14-15H2,1-2H3,(H,30,35)(H2,31,32,36). The zero-order valence-electron chi connectivity index (χ0n) is 20.3. The lowest BCUT2D eigenvalue weighted by Gasteiger charge is -2.12. The summed E-state index contributed by atoms with van der Waals surface area (Å²) in [6.07, 6.45) is -1.14. The molecule has 3 N–H and O–H groups in total. The predicted octanol–water partition coefficient (Wildman–Crippen LogP) is 5.64. The summed E-state index contributed by atoms with van der Waals surface area (Å²) in [7, 11) is 0. The monoisotopic (exact) mass is 501 g/mol. The highest BCUT2D eigenvalue weighted by Gasteiger charge is 2.38. The van der Waals surface area contributed by atoms with Crippen molar-refractivity contribution in [1.82, 2.24) is 15.1 Å². The fraction of sp³-hybridized carbons (Fsp3) is 0.346. The first-order valence-electron chi connectivity index (χ1n) is 11.9. The van der Waals surface area contributed by atoms with Crippen LogP contribution in [0, 0.1) is 0 Å². The summed E-state index contributed by atoms with van der Waals surface area (Å²) in [5.41, 5.74) is 3.98. The molecule has 0 bridgehead atoms. The smallest absolute Gasteiger partial charge is 0.348 e. The summed E-state index contributed by atoms with van der Waals surface area (Å²) in [5.74, 6) is -1.50. The minimum Gasteiger partial charge on any atom is -0.348 e. The number of carbonyl (C=O) groups excluding carboxylic acids is 2. The number of hydrogen-bond donors (Lipinski definition) is 3. The Kier molecular flexibility index (Phi) is 9.10. The molecule has 7 nitrogen and oxygen atoms in total. The molecule has 2 aromatic carbocycles. The number of alkyl halides is 3. The maximum absolute atomic E-state index is 12.7. The molecule has 0 saturated carbocycles. The van der Waals surface area contributed by atoms with Gasteiger partial charge in [-0.3, -0.25) is 10.1 Å². The van der Waals surface area contributed by atoms with E-state index in [1.165, 1.54) is 0 Å². The van der Waals surface area contributed by atoms with E-state index in [2.05, 4.69) is 29.6 Å². The number of urea groups is 1. The number of unbranched alkanes of at least 4 members (excludes halogenated alkanes) is 1. The molecule has 0 aliphatic rings. The SMILES string of the molecule is CCCCc1cc(NC(=O)Nc2ccc(CC)cc2)n(-c2cccc(CCNC(=O)C(F)(F)F)c2)n1. The summed E-state index contributed by atoms with van der Waals surface area (Å²) in [6, 6.07) is 16.0. The maximum atomic E-state index is 12.7. The summed E-state index contributed by atoms with van der Waals surface area (Å²) in [4.78, 5) is 23.7. The molecule has 1 aromatic heterocycles. The van der Waals surface area contributed by atoms with Crippen LogP contribution in [-0.2, 0) is 24.1 Å². The van der Waals surface area contributed by atoms with E-state index in [0.29, 0.717) is 22.8 Å². The second-order valence-corrected chi connectivity index (χ2v) is 8.34. The fourth-order valence-electron chi connectivity index (χ4n) is 3.56. The first-order chi connectivity index (χ1) is 17.2. The van der Waals surface area contributed by atoms with E-state index >= 15 is 0 Å². The molecule has 0 aliphatic carbocycles. The van der Waals surface area contributed by atoms with Crippen LogP contribution in [0.2, 0.25) is 0 Å². The van der Waals surface area contributed by atoms with E-state index in [4.69, 9.17) is 0 Å². The number of halogens is 3. The Balaban J connectivity index is 1.75. The zero-order chi connectivity index (χ0) is 26.1. The molecular formula is C26H30F3N5O2. The first-order valence-corrected chi connectivity index (χ1v) is 11.9. The van der Waals surface area contributed by atoms with Gasteiger partial charge >= 0.3 is 18.1 Å². The molecule has 0 fully saturated rings. The maximum Gasteiger partial charge on any atom is 0.471 e. The largest absolute Gasteiger partial charge is 0.471 e. The van der Waals surface area contributed by atoms with Crippen LogP contribution in [0.4, 0.5) is 29.5 Å². The topological polar surface area (TPSA) is 88.0 Å². The van der Waals surface area contributed by atoms with Crippen LogP contribution in [0.5, 0.6) is 0 Å². The second-order valence-electron chi connectivity index (χ2n) is 8.34. The van der Waals surface area contributed by atoms with Crippen molar-refractivity contribution in [3.05, 3.63) is 71.4 Å². The van der Waals surface area contributed by atoms with Gasteiger partial charge in [-0.05, 0) is 61.1 Å². The van der Waals surface area contributed by atoms with Crippen molar-refractivity contribution >= 4 is 23.4 Å². The number of carbonyl (C=O) groups is 2. The number of anilines is 2. The van der Waals surface area contributed by atoms with Crippen molar-refractivity contribution in [2.75, 3.05) is 17.2 Å². The van der Waals surface area contributed by atoms with Crippen molar-refractivity contribution in [2.45, 2.75) is 52.1 Å². The van der Waals surface area contributed by atoms with Gasteiger partial charge in [0.15, 0.2) is 0 Å². The molecule has 0 atom stereocenters. The first kappa shape index (κ1) is 26.8. The third kappa shape index (κ3) is 7.59. The number of nitrogens with one attached hydrogen (secondary N) is 3. The van der Waals surface area contributed by atoms with Gasteiger partial charge in [-0.2, -0.15) is 18.3 Å². The Hall–Kier alpha value is -3.82. The Morgan fingerprint density at radius 2 is 1.69 bits per heavy atom. The number of amides is 3. The van der Waals surface area contributed by atoms with Gasteiger partial charge in [-0.1, -0.05) is 44.5 Å². The molecule has 3 amide bonds. The highest BCUT2D eigenvalue weighted by Crippen LogP contribution is 2.21. The molecular weight excluding hydrogens is 471 g/mol. The molecule has 3 rings (SSSR count). The number of rotatable bonds is 10. The number of aryl methyl sites for hydroxylation is 2. The summed E-state index contributed by atoms with van der Waals surface area (Å²) < 4.78 is 38.8. The van der Waals surface area contributed by atoms with E-state index < -0.39 is 18.1 Å². The average molecular weight is 502 g/mol. The van der Waals surface area contributed by atoms with Crippen LogP contribution in [0.25, 0.3) is 5.69 Å². The highest BCUT2D eigenvalue weighted by molar-refractivity contribution is 5.99. The Morgan fingerprint density at radius 1 is 0.944 bits per heavy atom. The van der Waals surface area contributed by atoms with Gasteiger partial charge in [-0.15, -0.1) is 0 Å². The van der Waals surface area contributed by atoms with Crippen LogP contribution < -0.4 is 16.0 Å². The van der Waals surface area contributed by atoms with Gasteiger partial charge in [-0.25, -0.2) is 9.48 Å². The van der Waals surface area contributed by atoms with Crippen molar-refractivity contribution in [1.29, 1.82) is 0 Å². The molecule has 10 heteroatoms. The van der Waals surface area contributed by atoms with Crippen LogP contribution in [0.1, 0.15) is 43.5 Å². The van der Waals surface area contributed by atoms with E-state index in [1.54, 1.807) is 28.9 Å². The summed E-state index contributed by atoms with van der Waals surface area (Å²) >= 11 is 0. The Morgan fingerprint density at radius 3 is 2.36 bits per heavy atom. The van der Waals surface area contributed by atoms with Gasteiger partial charge in [0.05, 0.1) is 11.4 Å². The van der Waals surface area contributed by atoms with E-state index in [1.807, 2.05) is 35.6 Å². The Labute approximate surface area is 208 Å². The second kappa shape index (κ2) is 12.2. The van der Waals surface area contributed by atoms with E-state index in [-0.39, 0.29) is 13.0 Å². The molecule has 0 spiro atoms. The third-order valence-corrected chi connectivity index (χ3v) is 5.52. The van der Waals surface area contributed by atoms with Crippen molar-refractivity contribution < 1.29 is 22.8 Å². The van der Waals surface area contributed by atoms with Crippen LogP contribution in [0.3, 0.4) is 0 Å². The number of nitrogens with zero attached hydrogens (tertiary/aromatic N) is 2. The summed E-state index contributed by atoms with van der Waals surface area (Å²) in [6.45, 7) is 3.97. The van der Waals surface area contributed by atoms with Crippen molar-refractivity contribution in [2.24, 2.45) is 0 Å². The molecule has 0 unspecified atom stereocenters. The minimum atomic E-state index is -4.91. The molecule has 36 heavy (non-hydrogen) atoms. The van der Waals surface area contributed by atoms with Gasteiger partial charge in [0, 0.05) is 18.3 Å². The molecule has 192 valence electrons. The molecule has 0 radical (unpaired) electrons. The van der Waals surface area contributed by atoms with Gasteiger partial charge in [0.2, 0.25) is 0 Å². The number of aromatic nitrogens is 2. The Bertz CT molecular complexity index is 1170. The van der Waals surface area contributed by atoms with Crippen molar-refractivity contribution in [3.63, 3.8) is 0 Å². The minimum absolute atomic E-state index is 0.160. The van der Waals surface area contributed by atoms with Gasteiger partial charge < -0.3 is 10.6 Å². The average Bonchev–Trinajstić information content (AvgIpc) is 3.25. The highest BCUT2D eigenvalue weighted by atomic mass is 19.4. The quantitative estimate of drug-likeness (QED) is 0.336. The summed E-state index contributed by atoms with van der Waals surface area (Å²) in [5, 5.41) is 12.2. The lowest BCUT2D eigenvalue weighted by atomic mass is 10.1. The van der Waals surface area contributed by atoms with Crippen LogP contribution in [-0.4, -0.2) is 34.4 Å². The van der Waals surface area contributed by atoms with Gasteiger partial charge in [0.25, 0.3) is 0 Å². The number of hydrogen-bond acceptors (Lipinski definition) is 3. The molecule has 0 saturated heterocycles. The lowest BCUT2D eigenvalue weighted by molar-refractivity contribution is -0.173. The molecule has 3 aromatic rings. The van der Waals surface area contributed by atoms with Crippen LogP contribution >= 0.6 is 0 Å². The van der Waals surface area contributed by atoms with E-state index in [9.17, 15) is 22.8 Å². The van der Waals surface area contributed by atoms with Crippen molar-refractivity contribution in [3.8, 4) is 5.69 Å². The predicted molar refractivity (Wildman–Crippen MR) is 133 cm³/mol. The van der Waals surface area contributed by atoms with Gasteiger partial charge in [0.1, 0.15) is 5.82 Å². The fourth-order valence-corrected chi connectivity index (χ4v) is 3.56. The number of benzene rings is 2. The third-order valence-electron chi connectivity index (χ3n) is 5.52. The lowest BCUT2D eigenvalue weighted by Crippen LogP contribution is -2.37. The molecule has 0 aliphatic heterocycles.